The first-order valence-corrected chi connectivity index (χ1v) is 9.81. The first kappa shape index (κ1) is 26.2. The molecule has 1 aliphatic heterocycles. The zero-order valence-corrected chi connectivity index (χ0v) is 19.9. The van der Waals surface area contributed by atoms with E-state index in [9.17, 15) is 13.6 Å². The Balaban J connectivity index is 0.00000450. The van der Waals surface area contributed by atoms with Crippen molar-refractivity contribution in [1.82, 2.24) is 10.2 Å². The summed E-state index contributed by atoms with van der Waals surface area (Å²) in [5.41, 5.74) is 0.845. The molecule has 0 aliphatic carbocycles. The van der Waals surface area contributed by atoms with E-state index < -0.39 is 6.61 Å². The number of guanidine groups is 1. The van der Waals surface area contributed by atoms with Crippen LogP contribution in [0.4, 0.5) is 8.78 Å². The van der Waals surface area contributed by atoms with Crippen LogP contribution in [0.15, 0.2) is 23.2 Å². The molecule has 0 aromatic heterocycles. The van der Waals surface area contributed by atoms with Gasteiger partial charge in [0.15, 0.2) is 17.5 Å². The van der Waals surface area contributed by atoms with E-state index in [1.807, 2.05) is 6.92 Å². The van der Waals surface area contributed by atoms with Crippen molar-refractivity contribution in [2.75, 3.05) is 33.4 Å². The number of hydrogen-bond donors (Lipinski definition) is 1. The van der Waals surface area contributed by atoms with Crippen LogP contribution in [0.2, 0.25) is 0 Å². The molecule has 0 amide bonds. The van der Waals surface area contributed by atoms with Gasteiger partial charge in [-0.1, -0.05) is 6.07 Å². The van der Waals surface area contributed by atoms with Crippen molar-refractivity contribution in [2.24, 2.45) is 10.9 Å². The maximum Gasteiger partial charge on any atom is 0.387 e. The average molecular weight is 541 g/mol. The van der Waals surface area contributed by atoms with Gasteiger partial charge in [0, 0.05) is 26.7 Å². The summed E-state index contributed by atoms with van der Waals surface area (Å²) in [4.78, 5) is 18.3. The topological polar surface area (TPSA) is 72.4 Å². The summed E-state index contributed by atoms with van der Waals surface area (Å²) < 4.78 is 40.1. The normalized spacial score (nSPS) is 14.9. The lowest BCUT2D eigenvalue weighted by atomic mass is 9.97. The number of halogens is 3. The van der Waals surface area contributed by atoms with Gasteiger partial charge in [-0.05, 0) is 44.4 Å². The minimum atomic E-state index is -2.91. The van der Waals surface area contributed by atoms with Crippen LogP contribution in [0.25, 0.3) is 0 Å². The van der Waals surface area contributed by atoms with Gasteiger partial charge in [-0.15, -0.1) is 24.0 Å². The van der Waals surface area contributed by atoms with E-state index in [0.717, 1.165) is 11.5 Å². The molecule has 0 atom stereocenters. The number of ether oxygens (including phenoxy) is 3. The highest BCUT2D eigenvalue weighted by Gasteiger charge is 2.27. The van der Waals surface area contributed by atoms with Crippen molar-refractivity contribution in [3.05, 3.63) is 23.8 Å². The lowest BCUT2D eigenvalue weighted by Crippen LogP contribution is -2.46. The summed E-state index contributed by atoms with van der Waals surface area (Å²) in [6.45, 7) is 3.26. The maximum absolute atomic E-state index is 12.5. The Morgan fingerprint density at radius 2 is 1.93 bits per heavy atom. The highest BCUT2D eigenvalue weighted by molar-refractivity contribution is 14.0. The molecule has 1 aromatic rings. The molecular formula is C20H30F2IN3O4. The van der Waals surface area contributed by atoms with Gasteiger partial charge in [0.05, 0.1) is 19.1 Å². The van der Waals surface area contributed by atoms with Crippen LogP contribution < -0.4 is 14.8 Å². The zero-order valence-electron chi connectivity index (χ0n) is 17.5. The third kappa shape index (κ3) is 7.77. The Morgan fingerprint density at radius 1 is 1.23 bits per heavy atom. The van der Waals surface area contributed by atoms with Crippen LogP contribution >= 0.6 is 24.0 Å². The number of esters is 1. The minimum Gasteiger partial charge on any atom is -0.490 e. The van der Waals surface area contributed by atoms with Crippen molar-refractivity contribution in [1.29, 1.82) is 0 Å². The number of hydrogen-bond acceptors (Lipinski definition) is 5. The number of piperidine rings is 1. The van der Waals surface area contributed by atoms with Gasteiger partial charge in [-0.25, -0.2) is 0 Å². The van der Waals surface area contributed by atoms with E-state index in [1.165, 1.54) is 6.07 Å². The number of benzene rings is 1. The molecule has 0 radical (unpaired) electrons. The predicted octanol–water partition coefficient (Wildman–Crippen LogP) is 3.66. The Morgan fingerprint density at radius 3 is 2.50 bits per heavy atom. The van der Waals surface area contributed by atoms with E-state index in [2.05, 4.69) is 19.9 Å². The van der Waals surface area contributed by atoms with Gasteiger partial charge >= 0.3 is 12.6 Å². The molecule has 1 saturated heterocycles. The number of nitrogens with zero attached hydrogens (tertiary/aromatic N) is 2. The quantitative estimate of drug-likeness (QED) is 0.235. The van der Waals surface area contributed by atoms with E-state index >= 15 is 0 Å². The molecule has 10 heteroatoms. The Labute approximate surface area is 193 Å². The standard InChI is InChI=1S/C20H29F2N3O4.HI/c1-4-27-17-12-14(6-7-16(17)29-19(21)22)13-24-20(23-3)25-10-8-15(9-11-25)18(26)28-5-2;/h6-7,12,15,19H,4-5,8-11,13H2,1-3H3,(H,23,24);1H. The summed E-state index contributed by atoms with van der Waals surface area (Å²) in [5, 5.41) is 3.27. The molecule has 1 N–H and O–H groups in total. The van der Waals surface area contributed by atoms with Gasteiger partial charge in [0.1, 0.15) is 0 Å². The number of rotatable bonds is 8. The molecule has 1 aromatic carbocycles. The monoisotopic (exact) mass is 541 g/mol. The SMILES string of the molecule is CCOC(=O)C1CCN(C(=NC)NCc2ccc(OC(F)F)c(OCC)c2)CC1.I. The second-order valence-corrected chi connectivity index (χ2v) is 6.51. The zero-order chi connectivity index (χ0) is 21.2. The summed E-state index contributed by atoms with van der Waals surface area (Å²) in [6.07, 6.45) is 1.43. The molecule has 0 saturated carbocycles. The predicted molar refractivity (Wildman–Crippen MR) is 121 cm³/mol. The van der Waals surface area contributed by atoms with Crippen molar-refractivity contribution in [2.45, 2.75) is 39.8 Å². The Hall–Kier alpha value is -1.85. The van der Waals surface area contributed by atoms with Gasteiger partial charge < -0.3 is 24.4 Å². The van der Waals surface area contributed by atoms with E-state index in [1.54, 1.807) is 26.1 Å². The second-order valence-electron chi connectivity index (χ2n) is 6.51. The average Bonchev–Trinajstić information content (AvgIpc) is 2.71. The van der Waals surface area contributed by atoms with Crippen molar-refractivity contribution in [3.63, 3.8) is 0 Å². The van der Waals surface area contributed by atoms with Crippen molar-refractivity contribution in [3.8, 4) is 11.5 Å². The first-order valence-electron chi connectivity index (χ1n) is 9.81. The second kappa shape index (κ2) is 13.5. The molecule has 0 unspecified atom stereocenters. The third-order valence-electron chi connectivity index (χ3n) is 4.60. The molecule has 170 valence electrons. The van der Waals surface area contributed by atoms with Gasteiger partial charge in [0.25, 0.3) is 0 Å². The molecular weight excluding hydrogens is 511 g/mol. The molecule has 1 aliphatic rings. The first-order chi connectivity index (χ1) is 14.0. The number of carbonyl (C=O) groups excluding carboxylic acids is 1. The molecule has 0 bridgehead atoms. The molecule has 1 heterocycles. The van der Waals surface area contributed by atoms with Crippen LogP contribution in [0.1, 0.15) is 32.3 Å². The summed E-state index contributed by atoms with van der Waals surface area (Å²) >= 11 is 0. The fourth-order valence-corrected chi connectivity index (χ4v) is 3.22. The van der Waals surface area contributed by atoms with E-state index in [4.69, 9.17) is 9.47 Å². The van der Waals surface area contributed by atoms with Crippen molar-refractivity contribution >= 4 is 35.9 Å². The lowest BCUT2D eigenvalue weighted by Gasteiger charge is -2.33. The largest absolute Gasteiger partial charge is 0.490 e. The van der Waals surface area contributed by atoms with Gasteiger partial charge in [-0.2, -0.15) is 8.78 Å². The smallest absolute Gasteiger partial charge is 0.387 e. The number of aliphatic imine (C=N–C) groups is 1. The summed E-state index contributed by atoms with van der Waals surface area (Å²) in [7, 11) is 1.70. The van der Waals surface area contributed by atoms with Gasteiger partial charge in [0.2, 0.25) is 0 Å². The molecule has 0 spiro atoms. The Bertz CT molecular complexity index is 699. The number of likely N-dealkylation sites (tertiary alicyclic amines) is 1. The van der Waals surface area contributed by atoms with Gasteiger partial charge in [-0.3, -0.25) is 9.79 Å². The van der Waals surface area contributed by atoms with Crippen LogP contribution in [-0.4, -0.2) is 56.8 Å². The highest BCUT2D eigenvalue weighted by Crippen LogP contribution is 2.30. The fourth-order valence-electron chi connectivity index (χ4n) is 3.22. The fraction of sp³-hybridized carbons (Fsp3) is 0.600. The molecule has 2 rings (SSSR count). The van der Waals surface area contributed by atoms with Crippen LogP contribution in [0.5, 0.6) is 11.5 Å². The van der Waals surface area contributed by atoms with Crippen LogP contribution in [0.3, 0.4) is 0 Å². The summed E-state index contributed by atoms with van der Waals surface area (Å²) in [6, 6.07) is 4.85. The van der Waals surface area contributed by atoms with Crippen LogP contribution in [-0.2, 0) is 16.1 Å². The number of alkyl halides is 2. The van der Waals surface area contributed by atoms with Crippen molar-refractivity contribution < 1.29 is 27.8 Å². The molecule has 1 fully saturated rings. The molecule has 7 nitrogen and oxygen atoms in total. The summed E-state index contributed by atoms with van der Waals surface area (Å²) in [5.74, 6) is 0.802. The number of nitrogens with one attached hydrogen (secondary N) is 1. The third-order valence-corrected chi connectivity index (χ3v) is 4.60. The van der Waals surface area contributed by atoms with E-state index in [0.29, 0.717) is 45.7 Å². The van der Waals surface area contributed by atoms with Crippen LogP contribution in [0, 0.1) is 5.92 Å². The lowest BCUT2D eigenvalue weighted by molar-refractivity contribution is -0.149. The Kier molecular flexibility index (Phi) is 11.7. The highest BCUT2D eigenvalue weighted by atomic mass is 127. The van der Waals surface area contributed by atoms with E-state index in [-0.39, 0.29) is 47.4 Å². The number of carbonyl (C=O) groups is 1. The minimum absolute atomic E-state index is 0. The maximum atomic E-state index is 12.5. The molecule has 30 heavy (non-hydrogen) atoms.